The van der Waals surface area contributed by atoms with E-state index in [9.17, 15) is 4.39 Å². The second-order valence-electron chi connectivity index (χ2n) is 4.54. The zero-order valence-corrected chi connectivity index (χ0v) is 11.0. The second kappa shape index (κ2) is 4.74. The predicted octanol–water partition coefficient (Wildman–Crippen LogP) is 2.93. The standard InChI is InChI=1S/C13H14FN3S/c1-9-15-16-13(18-9)8-17-7-6-12(17)10-2-4-11(14)5-3-10/h2-5,12H,6-8H2,1H3. The molecule has 0 saturated carbocycles. The lowest BCUT2D eigenvalue weighted by Gasteiger charge is -2.40. The third kappa shape index (κ3) is 2.28. The molecule has 1 unspecified atom stereocenters. The molecule has 0 radical (unpaired) electrons. The highest BCUT2D eigenvalue weighted by Gasteiger charge is 2.29. The van der Waals surface area contributed by atoms with Gasteiger partial charge in [-0.05, 0) is 31.0 Å². The topological polar surface area (TPSA) is 29.0 Å². The largest absolute Gasteiger partial charge is 0.289 e. The highest BCUT2D eigenvalue weighted by Crippen LogP contribution is 2.34. The number of aryl methyl sites for hydroxylation is 1. The van der Waals surface area contributed by atoms with Crippen molar-refractivity contribution in [1.82, 2.24) is 15.1 Å². The Morgan fingerprint density at radius 2 is 2.11 bits per heavy atom. The molecule has 3 nitrogen and oxygen atoms in total. The normalized spacial score (nSPS) is 19.8. The molecule has 1 saturated heterocycles. The van der Waals surface area contributed by atoms with E-state index in [1.54, 1.807) is 11.3 Å². The number of nitrogens with zero attached hydrogens (tertiary/aromatic N) is 3. The molecule has 1 aliphatic rings. The van der Waals surface area contributed by atoms with E-state index in [0.29, 0.717) is 6.04 Å². The van der Waals surface area contributed by atoms with Gasteiger partial charge in [-0.2, -0.15) is 0 Å². The van der Waals surface area contributed by atoms with E-state index in [2.05, 4.69) is 15.1 Å². The summed E-state index contributed by atoms with van der Waals surface area (Å²) in [6, 6.07) is 7.20. The average molecular weight is 263 g/mol. The summed E-state index contributed by atoms with van der Waals surface area (Å²) in [6.07, 6.45) is 1.13. The molecule has 1 aromatic carbocycles. The Labute approximate surface area is 109 Å². The molecule has 3 rings (SSSR count). The van der Waals surface area contributed by atoms with Crippen LogP contribution in [0.5, 0.6) is 0 Å². The van der Waals surface area contributed by atoms with Gasteiger partial charge in [0, 0.05) is 12.6 Å². The summed E-state index contributed by atoms with van der Waals surface area (Å²) in [7, 11) is 0. The smallest absolute Gasteiger partial charge is 0.131 e. The van der Waals surface area contributed by atoms with Crippen LogP contribution < -0.4 is 0 Å². The molecule has 1 fully saturated rings. The van der Waals surface area contributed by atoms with Crippen molar-refractivity contribution in [2.45, 2.75) is 25.9 Å². The highest BCUT2D eigenvalue weighted by molar-refractivity contribution is 7.11. The summed E-state index contributed by atoms with van der Waals surface area (Å²) >= 11 is 1.64. The number of hydrogen-bond acceptors (Lipinski definition) is 4. The van der Waals surface area contributed by atoms with Crippen LogP contribution in [0.25, 0.3) is 0 Å². The molecule has 0 amide bonds. The Balaban J connectivity index is 1.70. The molecule has 1 aromatic heterocycles. The summed E-state index contributed by atoms with van der Waals surface area (Å²) in [5.41, 5.74) is 1.18. The molecule has 0 bridgehead atoms. The first kappa shape index (κ1) is 11.7. The van der Waals surface area contributed by atoms with Crippen LogP contribution in [-0.4, -0.2) is 21.6 Å². The predicted molar refractivity (Wildman–Crippen MR) is 68.8 cm³/mol. The zero-order chi connectivity index (χ0) is 12.5. The molecule has 0 spiro atoms. The van der Waals surface area contributed by atoms with Gasteiger partial charge in [0.15, 0.2) is 0 Å². The molecular weight excluding hydrogens is 249 g/mol. The van der Waals surface area contributed by atoms with E-state index in [0.717, 1.165) is 29.5 Å². The SMILES string of the molecule is Cc1nnc(CN2CCC2c2ccc(F)cc2)s1. The van der Waals surface area contributed by atoms with E-state index < -0.39 is 0 Å². The number of likely N-dealkylation sites (tertiary alicyclic amines) is 1. The van der Waals surface area contributed by atoms with E-state index in [1.807, 2.05) is 19.1 Å². The van der Waals surface area contributed by atoms with E-state index in [-0.39, 0.29) is 5.82 Å². The zero-order valence-electron chi connectivity index (χ0n) is 10.1. The molecule has 5 heteroatoms. The van der Waals surface area contributed by atoms with Crippen LogP contribution in [-0.2, 0) is 6.54 Å². The van der Waals surface area contributed by atoms with Crippen molar-refractivity contribution in [1.29, 1.82) is 0 Å². The van der Waals surface area contributed by atoms with Crippen LogP contribution in [0.1, 0.15) is 28.0 Å². The van der Waals surface area contributed by atoms with Gasteiger partial charge >= 0.3 is 0 Å². The molecule has 2 heterocycles. The average Bonchev–Trinajstić information content (AvgIpc) is 2.74. The summed E-state index contributed by atoms with van der Waals surface area (Å²) in [5, 5.41) is 10.2. The van der Waals surface area contributed by atoms with Crippen LogP contribution >= 0.6 is 11.3 Å². The van der Waals surface area contributed by atoms with Gasteiger partial charge in [0.2, 0.25) is 0 Å². The number of hydrogen-bond donors (Lipinski definition) is 0. The summed E-state index contributed by atoms with van der Waals surface area (Å²) in [4.78, 5) is 2.35. The Kier molecular flexibility index (Phi) is 3.09. The van der Waals surface area contributed by atoms with Crippen molar-refractivity contribution in [3.63, 3.8) is 0 Å². The highest BCUT2D eigenvalue weighted by atomic mass is 32.1. The van der Waals surface area contributed by atoms with Gasteiger partial charge in [0.05, 0.1) is 6.54 Å². The van der Waals surface area contributed by atoms with Crippen molar-refractivity contribution in [3.05, 3.63) is 45.7 Å². The molecule has 94 valence electrons. The Hall–Kier alpha value is -1.33. The van der Waals surface area contributed by atoms with Gasteiger partial charge in [0.25, 0.3) is 0 Å². The first-order chi connectivity index (χ1) is 8.72. The van der Waals surface area contributed by atoms with Crippen LogP contribution in [0.3, 0.4) is 0 Å². The fourth-order valence-electron chi connectivity index (χ4n) is 2.27. The maximum absolute atomic E-state index is 12.9. The minimum atomic E-state index is -0.177. The Bertz CT molecular complexity index is 537. The molecule has 0 aliphatic carbocycles. The molecule has 18 heavy (non-hydrogen) atoms. The first-order valence-electron chi connectivity index (χ1n) is 6.01. The van der Waals surface area contributed by atoms with E-state index in [1.165, 1.54) is 17.7 Å². The lowest BCUT2D eigenvalue weighted by molar-refractivity contribution is 0.0815. The van der Waals surface area contributed by atoms with Gasteiger partial charge in [-0.1, -0.05) is 12.1 Å². The van der Waals surface area contributed by atoms with Gasteiger partial charge in [-0.25, -0.2) is 4.39 Å². The summed E-state index contributed by atoms with van der Waals surface area (Å²) < 4.78 is 12.9. The van der Waals surface area contributed by atoms with Gasteiger partial charge < -0.3 is 0 Å². The van der Waals surface area contributed by atoms with Crippen LogP contribution in [0.4, 0.5) is 4.39 Å². The first-order valence-corrected chi connectivity index (χ1v) is 6.82. The maximum atomic E-state index is 12.9. The summed E-state index contributed by atoms with van der Waals surface area (Å²) in [5.74, 6) is -0.177. The van der Waals surface area contributed by atoms with Crippen LogP contribution in [0.15, 0.2) is 24.3 Å². The second-order valence-corrected chi connectivity index (χ2v) is 5.81. The van der Waals surface area contributed by atoms with E-state index >= 15 is 0 Å². The lowest BCUT2D eigenvalue weighted by Crippen LogP contribution is -2.40. The number of benzene rings is 1. The van der Waals surface area contributed by atoms with Gasteiger partial charge in [0.1, 0.15) is 15.8 Å². The van der Waals surface area contributed by atoms with Crippen molar-refractivity contribution >= 4 is 11.3 Å². The van der Waals surface area contributed by atoms with Crippen molar-refractivity contribution < 1.29 is 4.39 Å². The molecular formula is C13H14FN3S. The number of halogens is 1. The minimum absolute atomic E-state index is 0.177. The van der Waals surface area contributed by atoms with Crippen LogP contribution in [0, 0.1) is 12.7 Å². The molecule has 2 aromatic rings. The fraction of sp³-hybridized carbons (Fsp3) is 0.385. The van der Waals surface area contributed by atoms with Gasteiger partial charge in [-0.3, -0.25) is 4.90 Å². The summed E-state index contributed by atoms with van der Waals surface area (Å²) in [6.45, 7) is 3.88. The minimum Gasteiger partial charge on any atom is -0.289 e. The fourth-order valence-corrected chi connectivity index (χ4v) is 3.00. The monoisotopic (exact) mass is 263 g/mol. The Morgan fingerprint density at radius 3 is 2.67 bits per heavy atom. The maximum Gasteiger partial charge on any atom is 0.131 e. The third-order valence-corrected chi connectivity index (χ3v) is 4.11. The molecule has 0 N–H and O–H groups in total. The van der Waals surface area contributed by atoms with Crippen molar-refractivity contribution in [2.24, 2.45) is 0 Å². The number of aromatic nitrogens is 2. The Morgan fingerprint density at radius 1 is 1.33 bits per heavy atom. The quantitative estimate of drug-likeness (QED) is 0.852. The third-order valence-electron chi connectivity index (χ3n) is 3.29. The van der Waals surface area contributed by atoms with Crippen molar-refractivity contribution in [3.8, 4) is 0 Å². The molecule has 1 aliphatic heterocycles. The van der Waals surface area contributed by atoms with Crippen molar-refractivity contribution in [2.75, 3.05) is 6.54 Å². The van der Waals surface area contributed by atoms with E-state index in [4.69, 9.17) is 0 Å². The van der Waals surface area contributed by atoms with Gasteiger partial charge in [-0.15, -0.1) is 21.5 Å². The number of rotatable bonds is 3. The lowest BCUT2D eigenvalue weighted by atomic mass is 9.95. The molecule has 1 atom stereocenters. The van der Waals surface area contributed by atoms with Crippen LogP contribution in [0.2, 0.25) is 0 Å².